The van der Waals surface area contributed by atoms with E-state index >= 15 is 0 Å². The van der Waals surface area contributed by atoms with Crippen molar-refractivity contribution in [2.75, 3.05) is 6.79 Å². The number of aromatic nitrogens is 2. The van der Waals surface area contributed by atoms with E-state index in [0.717, 1.165) is 34.2 Å². The van der Waals surface area contributed by atoms with E-state index in [1.807, 2.05) is 6.07 Å². The fraction of sp³-hybridized carbons (Fsp3) is 0.522. The Balaban J connectivity index is 1.31. The summed E-state index contributed by atoms with van der Waals surface area (Å²) in [5.41, 5.74) is 4.08. The van der Waals surface area contributed by atoms with Crippen LogP contribution in [0.1, 0.15) is 50.6 Å². The fourth-order valence-corrected chi connectivity index (χ4v) is 7.65. The van der Waals surface area contributed by atoms with Crippen LogP contribution in [0.5, 0.6) is 11.5 Å². The highest BCUT2D eigenvalue weighted by atomic mass is 32.1. The van der Waals surface area contributed by atoms with Gasteiger partial charge in [0, 0.05) is 22.6 Å². The molecular weight excluding hydrogens is 368 g/mol. The normalized spacial score (nSPS) is 32.9. The highest BCUT2D eigenvalue weighted by Crippen LogP contribution is 2.60. The van der Waals surface area contributed by atoms with Gasteiger partial charge < -0.3 is 9.47 Å². The molecule has 2 aromatic heterocycles. The largest absolute Gasteiger partial charge is 0.454 e. The molecule has 3 saturated carbocycles. The topological polar surface area (TPSA) is 35.8 Å². The standard InChI is InChI=1S/C23H24N2O2S/c1-2-14-6-17-10-23(8-14,9-16(17)3-1)21-11-25-18(12-28-22(25)24-21)15-4-5-19-20(7-15)27-13-26-19/h4-5,7,11-12,14,16-17H,1-3,6,8-10,13H2. The van der Waals surface area contributed by atoms with Gasteiger partial charge in [0.05, 0.1) is 11.4 Å². The number of benzene rings is 1. The van der Waals surface area contributed by atoms with Crippen molar-refractivity contribution in [2.45, 2.75) is 50.4 Å². The van der Waals surface area contributed by atoms with Crippen LogP contribution in [0.4, 0.5) is 0 Å². The van der Waals surface area contributed by atoms with E-state index in [0.29, 0.717) is 12.2 Å². The molecule has 1 aliphatic heterocycles. The maximum atomic E-state index is 5.59. The molecule has 5 heteroatoms. The van der Waals surface area contributed by atoms with Crippen LogP contribution < -0.4 is 9.47 Å². The van der Waals surface area contributed by atoms with Crippen molar-refractivity contribution >= 4 is 16.3 Å². The lowest BCUT2D eigenvalue weighted by atomic mass is 9.68. The first-order chi connectivity index (χ1) is 13.8. The Hall–Kier alpha value is -2.01. The molecule has 3 heterocycles. The van der Waals surface area contributed by atoms with Gasteiger partial charge in [0.15, 0.2) is 16.5 Å². The van der Waals surface area contributed by atoms with Gasteiger partial charge in [0.25, 0.3) is 0 Å². The first-order valence-corrected chi connectivity index (χ1v) is 11.5. The SMILES string of the molecule is c1cc2c(cc1-c1csc3nc(C45CC6CCCC(C4)C(C6)C5)cn13)OCO2. The second kappa shape index (κ2) is 5.53. The number of ether oxygens (including phenoxy) is 2. The van der Waals surface area contributed by atoms with Crippen molar-refractivity contribution in [3.63, 3.8) is 0 Å². The second-order valence-electron chi connectivity index (χ2n) is 9.41. The summed E-state index contributed by atoms with van der Waals surface area (Å²) in [4.78, 5) is 6.30. The van der Waals surface area contributed by atoms with Gasteiger partial charge in [0.1, 0.15) is 0 Å². The number of hydrogen-bond donors (Lipinski definition) is 0. The number of imidazole rings is 1. The summed E-state index contributed by atoms with van der Waals surface area (Å²) in [6, 6.07) is 6.24. The van der Waals surface area contributed by atoms with E-state index in [-0.39, 0.29) is 0 Å². The van der Waals surface area contributed by atoms with E-state index in [4.69, 9.17) is 14.5 Å². The Labute approximate surface area is 168 Å². The molecule has 4 unspecified atom stereocenters. The molecule has 1 aromatic carbocycles. The Morgan fingerprint density at radius 3 is 3.00 bits per heavy atom. The highest BCUT2D eigenvalue weighted by molar-refractivity contribution is 7.15. The third-order valence-electron chi connectivity index (χ3n) is 7.90. The summed E-state index contributed by atoms with van der Waals surface area (Å²) in [5, 5.41) is 2.22. The molecular formula is C23H24N2O2S. The lowest BCUT2D eigenvalue weighted by molar-refractivity contribution is 0.174. The van der Waals surface area contributed by atoms with Crippen molar-refractivity contribution in [1.82, 2.24) is 9.38 Å². The van der Waals surface area contributed by atoms with E-state index in [1.54, 1.807) is 11.3 Å². The van der Waals surface area contributed by atoms with Crippen LogP contribution in [0.2, 0.25) is 0 Å². The molecule has 144 valence electrons. The van der Waals surface area contributed by atoms with E-state index in [1.165, 1.54) is 61.9 Å². The summed E-state index contributed by atoms with van der Waals surface area (Å²) in [7, 11) is 0. The van der Waals surface area contributed by atoms with Gasteiger partial charge >= 0.3 is 0 Å². The van der Waals surface area contributed by atoms with Gasteiger partial charge in [-0.1, -0.05) is 19.3 Å². The molecule has 0 radical (unpaired) electrons. The van der Waals surface area contributed by atoms with Crippen LogP contribution >= 0.6 is 11.3 Å². The Bertz CT molecular complexity index is 1080. The maximum absolute atomic E-state index is 5.59. The molecule has 4 atom stereocenters. The average Bonchev–Trinajstić information content (AvgIpc) is 3.42. The molecule has 0 spiro atoms. The summed E-state index contributed by atoms with van der Waals surface area (Å²) >= 11 is 1.75. The van der Waals surface area contributed by atoms with Crippen LogP contribution in [-0.4, -0.2) is 16.2 Å². The number of nitrogens with zero attached hydrogens (tertiary/aromatic N) is 2. The third kappa shape index (κ3) is 2.14. The second-order valence-corrected chi connectivity index (χ2v) is 10.2. The summed E-state index contributed by atoms with van der Waals surface area (Å²) in [6.07, 6.45) is 12.3. The smallest absolute Gasteiger partial charge is 0.231 e. The Kier molecular flexibility index (Phi) is 3.13. The van der Waals surface area contributed by atoms with E-state index < -0.39 is 0 Å². The van der Waals surface area contributed by atoms with Gasteiger partial charge in [-0.2, -0.15) is 0 Å². The van der Waals surface area contributed by atoms with Crippen molar-refractivity contribution in [3.05, 3.63) is 35.5 Å². The zero-order chi connectivity index (χ0) is 18.3. The zero-order valence-corrected chi connectivity index (χ0v) is 16.7. The number of thiazole rings is 1. The van der Waals surface area contributed by atoms with Crippen LogP contribution in [0.25, 0.3) is 16.2 Å². The van der Waals surface area contributed by atoms with E-state index in [2.05, 4.69) is 28.1 Å². The molecule has 0 saturated heterocycles. The number of rotatable bonds is 2. The monoisotopic (exact) mass is 392 g/mol. The van der Waals surface area contributed by atoms with Crippen molar-refractivity contribution in [1.29, 1.82) is 0 Å². The maximum Gasteiger partial charge on any atom is 0.231 e. The van der Waals surface area contributed by atoms with Crippen LogP contribution in [-0.2, 0) is 5.41 Å². The first-order valence-electron chi connectivity index (χ1n) is 10.6. The van der Waals surface area contributed by atoms with Gasteiger partial charge in [-0.15, -0.1) is 11.3 Å². The predicted molar refractivity (Wildman–Crippen MR) is 109 cm³/mol. The molecule has 3 bridgehead atoms. The van der Waals surface area contributed by atoms with Crippen molar-refractivity contribution in [2.24, 2.45) is 17.8 Å². The predicted octanol–water partition coefficient (Wildman–Crippen LogP) is 5.65. The van der Waals surface area contributed by atoms with Crippen molar-refractivity contribution in [3.8, 4) is 22.8 Å². The first kappa shape index (κ1) is 15.9. The molecule has 7 rings (SSSR count). The van der Waals surface area contributed by atoms with E-state index in [9.17, 15) is 0 Å². The molecule has 4 aliphatic rings. The third-order valence-corrected chi connectivity index (χ3v) is 8.74. The number of hydrogen-bond acceptors (Lipinski definition) is 4. The zero-order valence-electron chi connectivity index (χ0n) is 15.9. The molecule has 3 aliphatic carbocycles. The minimum absolute atomic E-state index is 0.319. The summed E-state index contributed by atoms with van der Waals surface area (Å²) in [6.45, 7) is 0.319. The summed E-state index contributed by atoms with van der Waals surface area (Å²) in [5.74, 6) is 4.51. The molecule has 0 N–H and O–H groups in total. The van der Waals surface area contributed by atoms with Gasteiger partial charge in [-0.3, -0.25) is 4.40 Å². The van der Waals surface area contributed by atoms with Crippen molar-refractivity contribution < 1.29 is 9.47 Å². The lowest BCUT2D eigenvalue weighted by Crippen LogP contribution is -2.31. The summed E-state index contributed by atoms with van der Waals surface area (Å²) < 4.78 is 13.4. The average molecular weight is 393 g/mol. The molecule has 4 nitrogen and oxygen atoms in total. The highest BCUT2D eigenvalue weighted by Gasteiger charge is 2.53. The van der Waals surface area contributed by atoms with Crippen LogP contribution in [0, 0.1) is 17.8 Å². The molecule has 3 aromatic rings. The van der Waals surface area contributed by atoms with Crippen LogP contribution in [0.3, 0.4) is 0 Å². The molecule has 28 heavy (non-hydrogen) atoms. The van der Waals surface area contributed by atoms with Gasteiger partial charge in [0.2, 0.25) is 6.79 Å². The Morgan fingerprint density at radius 1 is 1.07 bits per heavy atom. The lowest BCUT2D eigenvalue weighted by Gasteiger charge is -2.36. The minimum atomic E-state index is 0.319. The number of fused-ring (bicyclic) bond motifs is 4. The Morgan fingerprint density at radius 2 is 2.00 bits per heavy atom. The van der Waals surface area contributed by atoms with Gasteiger partial charge in [-0.05, 0) is 61.6 Å². The van der Waals surface area contributed by atoms with Gasteiger partial charge in [-0.25, -0.2) is 4.98 Å². The quantitative estimate of drug-likeness (QED) is 0.565. The van der Waals surface area contributed by atoms with Crippen LogP contribution in [0.15, 0.2) is 29.8 Å². The minimum Gasteiger partial charge on any atom is -0.454 e. The fourth-order valence-electron chi connectivity index (χ4n) is 6.77. The molecule has 0 amide bonds. The molecule has 3 fully saturated rings.